The van der Waals surface area contributed by atoms with Crippen molar-refractivity contribution in [3.63, 3.8) is 0 Å². The number of benzene rings is 2. The number of nitrogens with zero attached hydrogens (tertiary/aromatic N) is 3. The normalized spacial score (nSPS) is 11.4. The number of amides is 1. The van der Waals surface area contributed by atoms with Crippen molar-refractivity contribution < 1.29 is 18.0 Å². The quantitative estimate of drug-likeness (QED) is 0.673. The van der Waals surface area contributed by atoms with Gasteiger partial charge in [-0.3, -0.25) is 9.69 Å². The first-order valence-electron chi connectivity index (χ1n) is 9.21. The van der Waals surface area contributed by atoms with Crippen LogP contribution in [0.5, 0.6) is 0 Å². The van der Waals surface area contributed by atoms with Gasteiger partial charge < -0.3 is 4.90 Å². The molecule has 0 aliphatic carbocycles. The van der Waals surface area contributed by atoms with Crippen LogP contribution in [0.1, 0.15) is 28.7 Å². The average molecular weight is 403 g/mol. The molecule has 4 nitrogen and oxygen atoms in total. The van der Waals surface area contributed by atoms with E-state index in [0.717, 1.165) is 17.2 Å². The third-order valence-electron chi connectivity index (χ3n) is 4.72. The lowest BCUT2D eigenvalue weighted by molar-refractivity contribution is -0.138. The van der Waals surface area contributed by atoms with Crippen LogP contribution in [0.3, 0.4) is 0 Å². The lowest BCUT2D eigenvalue weighted by Crippen LogP contribution is -2.39. The predicted molar refractivity (Wildman–Crippen MR) is 106 cm³/mol. The van der Waals surface area contributed by atoms with Crippen LogP contribution in [0.4, 0.5) is 18.9 Å². The number of aryl methyl sites for hydroxylation is 2. The smallest absolute Gasteiger partial charge is 0.310 e. The molecule has 29 heavy (non-hydrogen) atoms. The summed E-state index contributed by atoms with van der Waals surface area (Å²) in [6, 6.07) is 13.0. The van der Waals surface area contributed by atoms with Crippen LogP contribution in [0, 0.1) is 25.2 Å². The third kappa shape index (κ3) is 6.06. The molecule has 1 amide bonds. The second-order valence-corrected chi connectivity index (χ2v) is 7.05. The maximum Gasteiger partial charge on any atom is 0.416 e. The van der Waals surface area contributed by atoms with Crippen LogP contribution in [-0.4, -0.2) is 30.9 Å². The zero-order chi connectivity index (χ0) is 21.6. The molecule has 0 fully saturated rings. The molecular formula is C22H24F3N3O. The van der Waals surface area contributed by atoms with Crippen LogP contribution >= 0.6 is 0 Å². The Bertz CT molecular complexity index is 903. The lowest BCUT2D eigenvalue weighted by Gasteiger charge is -2.26. The second-order valence-electron chi connectivity index (χ2n) is 7.05. The number of carbonyl (C=O) groups excluding carboxylic acids is 1. The van der Waals surface area contributed by atoms with Crippen molar-refractivity contribution in [2.45, 2.75) is 33.0 Å². The molecule has 0 aliphatic heterocycles. The minimum atomic E-state index is -4.44. The minimum absolute atomic E-state index is 0.0135. The summed E-state index contributed by atoms with van der Waals surface area (Å²) >= 11 is 0. The van der Waals surface area contributed by atoms with Gasteiger partial charge in [-0.05, 0) is 55.8 Å². The molecule has 2 aromatic rings. The fraction of sp³-hybridized carbons (Fsp3) is 0.364. The number of hydrogen-bond acceptors (Lipinski definition) is 3. The zero-order valence-electron chi connectivity index (χ0n) is 16.8. The van der Waals surface area contributed by atoms with Gasteiger partial charge in [0.1, 0.15) is 0 Å². The number of halogens is 3. The SMILES string of the molecule is Cc1ccc(N(CCC#N)C(=O)CN(C)Cc2ccccc2C(F)(F)F)cc1C. The van der Waals surface area contributed by atoms with Crippen molar-refractivity contribution in [1.29, 1.82) is 5.26 Å². The Morgan fingerprint density at radius 3 is 2.41 bits per heavy atom. The number of likely N-dealkylation sites (N-methyl/N-ethyl adjacent to an activating group) is 1. The molecule has 0 radical (unpaired) electrons. The minimum Gasteiger partial charge on any atom is -0.310 e. The van der Waals surface area contributed by atoms with E-state index >= 15 is 0 Å². The first-order chi connectivity index (χ1) is 13.6. The molecule has 0 atom stereocenters. The topological polar surface area (TPSA) is 47.3 Å². The lowest BCUT2D eigenvalue weighted by atomic mass is 10.1. The number of carbonyl (C=O) groups is 1. The second kappa shape index (κ2) is 9.57. The van der Waals surface area contributed by atoms with Crippen molar-refractivity contribution >= 4 is 11.6 Å². The van der Waals surface area contributed by atoms with Gasteiger partial charge in [-0.1, -0.05) is 24.3 Å². The highest BCUT2D eigenvalue weighted by Crippen LogP contribution is 2.32. The standard InChI is InChI=1S/C22H24F3N3O/c1-16-9-10-19(13-17(16)2)28(12-6-11-26)21(29)15-27(3)14-18-7-4-5-8-20(18)22(23,24)25/h4-5,7-10,13H,6,12,14-15H2,1-3H3. The molecule has 0 unspecified atom stereocenters. The van der Waals surface area contributed by atoms with Gasteiger partial charge in [-0.2, -0.15) is 18.4 Å². The maximum atomic E-state index is 13.2. The van der Waals surface area contributed by atoms with E-state index in [1.54, 1.807) is 18.0 Å². The van der Waals surface area contributed by atoms with E-state index < -0.39 is 11.7 Å². The van der Waals surface area contributed by atoms with E-state index in [-0.39, 0.29) is 37.5 Å². The number of nitriles is 1. The summed E-state index contributed by atoms with van der Waals surface area (Å²) in [7, 11) is 1.61. The highest BCUT2D eigenvalue weighted by molar-refractivity contribution is 5.95. The molecule has 0 N–H and O–H groups in total. The molecule has 0 aliphatic rings. The first-order valence-corrected chi connectivity index (χ1v) is 9.21. The van der Waals surface area contributed by atoms with Gasteiger partial charge >= 0.3 is 6.18 Å². The van der Waals surface area contributed by atoms with Gasteiger partial charge in [0.2, 0.25) is 5.91 Å². The van der Waals surface area contributed by atoms with Crippen LogP contribution in [0.2, 0.25) is 0 Å². The Hall–Kier alpha value is -2.85. The van der Waals surface area contributed by atoms with Crippen molar-refractivity contribution in [2.24, 2.45) is 0 Å². The zero-order valence-corrected chi connectivity index (χ0v) is 16.8. The van der Waals surface area contributed by atoms with Crippen molar-refractivity contribution in [3.8, 4) is 6.07 Å². The van der Waals surface area contributed by atoms with Crippen molar-refractivity contribution in [2.75, 3.05) is 25.0 Å². The number of anilines is 1. The molecule has 2 aromatic carbocycles. The van der Waals surface area contributed by atoms with Gasteiger partial charge in [-0.15, -0.1) is 0 Å². The monoisotopic (exact) mass is 403 g/mol. The van der Waals surface area contributed by atoms with Crippen LogP contribution in [-0.2, 0) is 17.5 Å². The number of hydrogen-bond donors (Lipinski definition) is 0. The Morgan fingerprint density at radius 1 is 1.10 bits per heavy atom. The van der Waals surface area contributed by atoms with E-state index in [4.69, 9.17) is 5.26 Å². The molecule has 0 bridgehead atoms. The molecule has 0 heterocycles. The summed E-state index contributed by atoms with van der Waals surface area (Å²) in [5, 5.41) is 8.92. The van der Waals surface area contributed by atoms with Gasteiger partial charge in [0.25, 0.3) is 0 Å². The average Bonchev–Trinajstić information content (AvgIpc) is 2.64. The largest absolute Gasteiger partial charge is 0.416 e. The predicted octanol–water partition coefficient (Wildman–Crippen LogP) is 4.70. The molecule has 0 aromatic heterocycles. The van der Waals surface area contributed by atoms with Crippen LogP contribution < -0.4 is 4.90 Å². The highest BCUT2D eigenvalue weighted by Gasteiger charge is 2.33. The number of rotatable bonds is 7. The molecule has 2 rings (SSSR count). The highest BCUT2D eigenvalue weighted by atomic mass is 19.4. The third-order valence-corrected chi connectivity index (χ3v) is 4.72. The molecule has 0 saturated carbocycles. The molecule has 154 valence electrons. The summed E-state index contributed by atoms with van der Waals surface area (Å²) in [5.41, 5.74) is 2.20. The van der Waals surface area contributed by atoms with Gasteiger partial charge in [-0.25, -0.2) is 0 Å². The molecule has 0 spiro atoms. The van der Waals surface area contributed by atoms with E-state index in [1.807, 2.05) is 38.1 Å². The van der Waals surface area contributed by atoms with Crippen LogP contribution in [0.25, 0.3) is 0 Å². The van der Waals surface area contributed by atoms with Crippen LogP contribution in [0.15, 0.2) is 42.5 Å². The molecule has 7 heteroatoms. The summed E-state index contributed by atoms with van der Waals surface area (Å²) in [6.07, 6.45) is -4.28. The molecular weight excluding hydrogens is 379 g/mol. The van der Waals surface area contributed by atoms with E-state index in [2.05, 4.69) is 0 Å². The maximum absolute atomic E-state index is 13.2. The number of alkyl halides is 3. The Labute approximate surface area is 169 Å². The van der Waals surface area contributed by atoms with Gasteiger partial charge in [0, 0.05) is 18.8 Å². The fourth-order valence-electron chi connectivity index (χ4n) is 3.05. The summed E-state index contributed by atoms with van der Waals surface area (Å²) in [5.74, 6) is -0.268. The molecule has 0 saturated heterocycles. The van der Waals surface area contributed by atoms with E-state index in [1.165, 1.54) is 17.0 Å². The summed E-state index contributed by atoms with van der Waals surface area (Å²) in [4.78, 5) is 15.9. The van der Waals surface area contributed by atoms with E-state index in [9.17, 15) is 18.0 Å². The fourth-order valence-corrected chi connectivity index (χ4v) is 3.05. The van der Waals surface area contributed by atoms with Crippen molar-refractivity contribution in [1.82, 2.24) is 4.90 Å². The van der Waals surface area contributed by atoms with Gasteiger partial charge in [0.15, 0.2) is 0 Å². The Morgan fingerprint density at radius 2 is 1.79 bits per heavy atom. The van der Waals surface area contributed by atoms with Gasteiger partial charge in [0.05, 0.1) is 24.6 Å². The Balaban J connectivity index is 2.17. The first kappa shape index (κ1) is 22.4. The summed E-state index contributed by atoms with van der Waals surface area (Å²) in [6.45, 7) is 4.05. The summed E-state index contributed by atoms with van der Waals surface area (Å²) < 4.78 is 39.6. The Kier molecular flexibility index (Phi) is 7.40. The van der Waals surface area contributed by atoms with Crippen molar-refractivity contribution in [3.05, 3.63) is 64.7 Å². The van der Waals surface area contributed by atoms with E-state index in [0.29, 0.717) is 5.69 Å².